The molecule has 0 aromatic heterocycles. The third-order valence-electron chi connectivity index (χ3n) is 4.73. The van der Waals surface area contributed by atoms with Crippen LogP contribution in [-0.2, 0) is 12.8 Å². The lowest BCUT2D eigenvalue weighted by atomic mass is 10.0. The molecule has 0 heterocycles. The number of aryl methyl sites for hydroxylation is 1. The van der Waals surface area contributed by atoms with Gasteiger partial charge in [0.05, 0.1) is 0 Å². The van der Waals surface area contributed by atoms with Crippen molar-refractivity contribution < 1.29 is 0 Å². The zero-order chi connectivity index (χ0) is 15.9. The Kier molecular flexibility index (Phi) is 6.30. The average Bonchev–Trinajstić information content (AvgIpc) is 3.34. The maximum atomic E-state index is 2.37. The molecule has 1 aliphatic carbocycles. The van der Waals surface area contributed by atoms with Crippen LogP contribution in [0.15, 0.2) is 47.7 Å². The molecule has 0 aliphatic heterocycles. The van der Waals surface area contributed by atoms with Gasteiger partial charge in [0.2, 0.25) is 0 Å². The molecular weight excluding hydrogens is 266 g/mol. The van der Waals surface area contributed by atoms with Gasteiger partial charge < -0.3 is 4.90 Å². The molecule has 22 heavy (non-hydrogen) atoms. The van der Waals surface area contributed by atoms with Crippen LogP contribution < -0.4 is 0 Å². The Bertz CT molecular complexity index is 535. The highest BCUT2D eigenvalue weighted by molar-refractivity contribution is 5.27. The van der Waals surface area contributed by atoms with Gasteiger partial charge in [0, 0.05) is 19.3 Å². The number of hydrogen-bond acceptors (Lipinski definition) is 1. The second-order valence-corrected chi connectivity index (χ2v) is 6.76. The van der Waals surface area contributed by atoms with Crippen LogP contribution in [0.4, 0.5) is 0 Å². The molecule has 1 heteroatoms. The standard InChI is InChI=1S/C21H31N/c1-5-20-8-6-7-9-21(20)14-15-22(4)18(3)11-10-17(2)16-19-12-13-19/h6-11,19H,5,12-16H2,1-4H3/b17-10-,18-11+. The third-order valence-corrected chi connectivity index (χ3v) is 4.73. The van der Waals surface area contributed by atoms with E-state index in [1.54, 1.807) is 0 Å². The van der Waals surface area contributed by atoms with Crippen LogP contribution in [0, 0.1) is 5.92 Å². The fraction of sp³-hybridized carbons (Fsp3) is 0.524. The van der Waals surface area contributed by atoms with Crippen molar-refractivity contribution in [3.63, 3.8) is 0 Å². The summed E-state index contributed by atoms with van der Waals surface area (Å²) in [6.07, 6.45) is 11.0. The van der Waals surface area contributed by atoms with Crippen molar-refractivity contribution in [1.82, 2.24) is 4.90 Å². The smallest absolute Gasteiger partial charge is 0.0212 e. The van der Waals surface area contributed by atoms with Crippen LogP contribution in [0.5, 0.6) is 0 Å². The molecule has 1 fully saturated rings. The molecule has 2 rings (SSSR count). The minimum absolute atomic E-state index is 0.980. The van der Waals surface area contributed by atoms with Crippen molar-refractivity contribution in [1.29, 1.82) is 0 Å². The topological polar surface area (TPSA) is 3.24 Å². The van der Waals surface area contributed by atoms with E-state index in [0.717, 1.165) is 25.3 Å². The number of benzene rings is 1. The normalized spacial score (nSPS) is 16.0. The van der Waals surface area contributed by atoms with E-state index in [1.165, 1.54) is 41.7 Å². The maximum Gasteiger partial charge on any atom is 0.0212 e. The first-order chi connectivity index (χ1) is 10.6. The van der Waals surface area contributed by atoms with E-state index in [9.17, 15) is 0 Å². The molecule has 0 N–H and O–H groups in total. The summed E-state index contributed by atoms with van der Waals surface area (Å²) in [6.45, 7) is 7.79. The summed E-state index contributed by atoms with van der Waals surface area (Å²) in [4.78, 5) is 2.37. The van der Waals surface area contributed by atoms with E-state index < -0.39 is 0 Å². The lowest BCUT2D eigenvalue weighted by molar-refractivity contribution is 0.422. The molecule has 0 amide bonds. The molecule has 0 bridgehead atoms. The van der Waals surface area contributed by atoms with Crippen LogP contribution in [0.3, 0.4) is 0 Å². The SMILES string of the molecule is CCc1ccccc1CCN(C)/C(C)=C/C=C(/C)CC1CC1. The summed E-state index contributed by atoms with van der Waals surface area (Å²) in [5, 5.41) is 0. The van der Waals surface area contributed by atoms with E-state index in [0.29, 0.717) is 0 Å². The largest absolute Gasteiger partial charge is 0.378 e. The van der Waals surface area contributed by atoms with Gasteiger partial charge in [-0.3, -0.25) is 0 Å². The highest BCUT2D eigenvalue weighted by Crippen LogP contribution is 2.34. The predicted octanol–water partition coefficient (Wildman–Crippen LogP) is 5.37. The van der Waals surface area contributed by atoms with Crippen molar-refractivity contribution in [3.05, 3.63) is 58.8 Å². The summed E-state index contributed by atoms with van der Waals surface area (Å²) >= 11 is 0. The van der Waals surface area contributed by atoms with Gasteiger partial charge in [-0.25, -0.2) is 0 Å². The molecule has 1 aromatic rings. The highest BCUT2D eigenvalue weighted by atomic mass is 15.1. The van der Waals surface area contributed by atoms with Crippen LogP contribution >= 0.6 is 0 Å². The summed E-state index contributed by atoms with van der Waals surface area (Å²) in [7, 11) is 2.20. The molecule has 1 aromatic carbocycles. The minimum Gasteiger partial charge on any atom is -0.378 e. The summed E-state index contributed by atoms with van der Waals surface area (Å²) in [5.74, 6) is 0.980. The van der Waals surface area contributed by atoms with E-state index >= 15 is 0 Å². The van der Waals surface area contributed by atoms with Crippen LogP contribution in [0.1, 0.15) is 51.2 Å². The third kappa shape index (κ3) is 5.36. The first-order valence-electron chi connectivity index (χ1n) is 8.72. The van der Waals surface area contributed by atoms with E-state index in [-0.39, 0.29) is 0 Å². The van der Waals surface area contributed by atoms with Gasteiger partial charge in [0.1, 0.15) is 0 Å². The van der Waals surface area contributed by atoms with Crippen molar-refractivity contribution in [2.45, 2.75) is 52.9 Å². The average molecular weight is 297 g/mol. The van der Waals surface area contributed by atoms with Gasteiger partial charge in [-0.1, -0.05) is 42.8 Å². The number of likely N-dealkylation sites (N-methyl/N-ethyl adjacent to an activating group) is 1. The van der Waals surface area contributed by atoms with Gasteiger partial charge in [-0.2, -0.15) is 0 Å². The van der Waals surface area contributed by atoms with Gasteiger partial charge in [-0.15, -0.1) is 0 Å². The molecule has 0 saturated heterocycles. The van der Waals surface area contributed by atoms with Crippen molar-refractivity contribution in [2.24, 2.45) is 5.92 Å². The molecule has 0 atom stereocenters. The molecule has 120 valence electrons. The zero-order valence-electron chi connectivity index (χ0n) is 14.7. The first-order valence-corrected chi connectivity index (χ1v) is 8.72. The number of nitrogens with zero attached hydrogens (tertiary/aromatic N) is 1. The van der Waals surface area contributed by atoms with Crippen LogP contribution in [0.2, 0.25) is 0 Å². The Hall–Kier alpha value is -1.50. The molecule has 1 aliphatic rings. The minimum atomic E-state index is 0.980. The van der Waals surface area contributed by atoms with Crippen molar-refractivity contribution in [2.75, 3.05) is 13.6 Å². The Morgan fingerprint density at radius 1 is 1.14 bits per heavy atom. The van der Waals surface area contributed by atoms with Crippen molar-refractivity contribution >= 4 is 0 Å². The monoisotopic (exact) mass is 297 g/mol. The molecule has 1 nitrogen and oxygen atoms in total. The zero-order valence-corrected chi connectivity index (χ0v) is 14.7. The fourth-order valence-corrected chi connectivity index (χ4v) is 2.85. The summed E-state index contributed by atoms with van der Waals surface area (Å²) in [5.41, 5.74) is 5.85. The predicted molar refractivity (Wildman–Crippen MR) is 97.0 cm³/mol. The molecule has 1 saturated carbocycles. The number of hydrogen-bond donors (Lipinski definition) is 0. The van der Waals surface area contributed by atoms with Gasteiger partial charge in [0.25, 0.3) is 0 Å². The summed E-state index contributed by atoms with van der Waals surface area (Å²) in [6, 6.07) is 8.82. The Balaban J connectivity index is 1.86. The maximum absolute atomic E-state index is 2.37. The quantitative estimate of drug-likeness (QED) is 0.583. The molecular formula is C21H31N. The summed E-state index contributed by atoms with van der Waals surface area (Å²) < 4.78 is 0. The Morgan fingerprint density at radius 3 is 2.45 bits per heavy atom. The van der Waals surface area contributed by atoms with E-state index in [4.69, 9.17) is 0 Å². The Labute approximate surface area is 136 Å². The number of allylic oxidation sites excluding steroid dienone is 4. The van der Waals surface area contributed by atoms with Gasteiger partial charge in [0.15, 0.2) is 0 Å². The lowest BCUT2D eigenvalue weighted by Crippen LogP contribution is -2.19. The van der Waals surface area contributed by atoms with Crippen LogP contribution in [-0.4, -0.2) is 18.5 Å². The molecule has 0 spiro atoms. The van der Waals surface area contributed by atoms with Gasteiger partial charge >= 0.3 is 0 Å². The second-order valence-electron chi connectivity index (χ2n) is 6.76. The van der Waals surface area contributed by atoms with Crippen molar-refractivity contribution in [3.8, 4) is 0 Å². The van der Waals surface area contributed by atoms with E-state index in [2.05, 4.69) is 69.1 Å². The molecule has 0 radical (unpaired) electrons. The Morgan fingerprint density at radius 2 is 1.82 bits per heavy atom. The van der Waals surface area contributed by atoms with Crippen LogP contribution in [0.25, 0.3) is 0 Å². The lowest BCUT2D eigenvalue weighted by Gasteiger charge is -2.20. The molecule has 0 unspecified atom stereocenters. The number of rotatable bonds is 8. The second kappa shape index (κ2) is 8.22. The van der Waals surface area contributed by atoms with E-state index in [1.807, 2.05) is 0 Å². The fourth-order valence-electron chi connectivity index (χ4n) is 2.85. The van der Waals surface area contributed by atoms with Gasteiger partial charge in [-0.05, 0) is 69.1 Å². The highest BCUT2D eigenvalue weighted by Gasteiger charge is 2.20. The first kappa shape index (κ1) is 16.9.